The molecule has 0 saturated carbocycles. The Kier molecular flexibility index (Phi) is 3.84. The summed E-state index contributed by atoms with van der Waals surface area (Å²) in [7, 11) is 0. The Bertz CT molecular complexity index is 867. The van der Waals surface area contributed by atoms with Crippen LogP contribution in [-0.2, 0) is 6.42 Å². The Morgan fingerprint density at radius 2 is 1.74 bits per heavy atom. The van der Waals surface area contributed by atoms with Crippen LogP contribution in [0.15, 0.2) is 46.9 Å². The Morgan fingerprint density at radius 1 is 1.04 bits per heavy atom. The van der Waals surface area contributed by atoms with Crippen LogP contribution in [-0.4, -0.2) is 16.3 Å². The van der Waals surface area contributed by atoms with Crippen LogP contribution >= 0.6 is 39.1 Å². The van der Waals surface area contributed by atoms with E-state index in [4.69, 9.17) is 28.3 Å². The second kappa shape index (κ2) is 5.86. The summed E-state index contributed by atoms with van der Waals surface area (Å²) in [5.74, 6) is 1.01. The van der Waals surface area contributed by atoms with Crippen molar-refractivity contribution in [2.24, 2.45) is 0 Å². The molecular weight excluding hydrogens is 397 g/mol. The van der Waals surface area contributed by atoms with E-state index in [0.717, 1.165) is 45.8 Å². The van der Waals surface area contributed by atoms with Gasteiger partial charge in [0.05, 0.1) is 15.7 Å². The second-order valence-electron chi connectivity index (χ2n) is 5.34. The molecule has 0 unspecified atom stereocenters. The predicted octanol–water partition coefficient (Wildman–Crippen LogP) is 5.58. The molecule has 0 atom stereocenters. The minimum atomic E-state index is 0.618. The molecule has 0 aliphatic carbocycles. The first-order valence-corrected chi connectivity index (χ1v) is 8.76. The van der Waals surface area contributed by atoms with Gasteiger partial charge in [-0.2, -0.15) is 5.10 Å². The summed E-state index contributed by atoms with van der Waals surface area (Å²) >= 11 is 16.2. The van der Waals surface area contributed by atoms with Crippen LogP contribution in [0.3, 0.4) is 0 Å². The Hall–Kier alpha value is -1.49. The van der Waals surface area contributed by atoms with Gasteiger partial charge < -0.3 is 5.32 Å². The lowest BCUT2D eigenvalue weighted by molar-refractivity contribution is 0.882. The summed E-state index contributed by atoms with van der Waals surface area (Å²) in [6.45, 7) is 0.888. The summed E-state index contributed by atoms with van der Waals surface area (Å²) in [5, 5.41) is 9.44. The van der Waals surface area contributed by atoms with Crippen molar-refractivity contribution in [3.05, 3.63) is 62.5 Å². The number of nitrogens with zero attached hydrogens (tertiary/aromatic N) is 2. The van der Waals surface area contributed by atoms with E-state index in [0.29, 0.717) is 10.0 Å². The van der Waals surface area contributed by atoms with Crippen LogP contribution in [0.2, 0.25) is 10.0 Å². The summed E-state index contributed by atoms with van der Waals surface area (Å²) in [6.07, 6.45) is 0.906. The number of benzene rings is 2. The molecule has 0 radical (unpaired) electrons. The number of hydrogen-bond acceptors (Lipinski definition) is 2. The van der Waals surface area contributed by atoms with E-state index in [1.54, 1.807) is 0 Å². The highest BCUT2D eigenvalue weighted by Gasteiger charge is 2.26. The minimum Gasteiger partial charge on any atom is -0.369 e. The number of aromatic nitrogens is 2. The first-order valence-electron chi connectivity index (χ1n) is 7.21. The average molecular weight is 409 g/mol. The quantitative estimate of drug-likeness (QED) is 0.600. The van der Waals surface area contributed by atoms with E-state index >= 15 is 0 Å². The van der Waals surface area contributed by atoms with Crippen LogP contribution in [0.25, 0.3) is 16.9 Å². The smallest absolute Gasteiger partial charge is 0.133 e. The lowest BCUT2D eigenvalue weighted by Crippen LogP contribution is -2.04. The highest BCUT2D eigenvalue weighted by atomic mass is 79.9. The monoisotopic (exact) mass is 407 g/mol. The number of nitrogens with one attached hydrogen (secondary N) is 1. The molecule has 6 heteroatoms. The normalized spacial score (nSPS) is 13.0. The number of fused-ring (bicyclic) bond motifs is 1. The van der Waals surface area contributed by atoms with Gasteiger partial charge in [-0.1, -0.05) is 45.2 Å². The third kappa shape index (κ3) is 2.55. The maximum Gasteiger partial charge on any atom is 0.133 e. The third-order valence-corrected chi connectivity index (χ3v) is 5.08. The first-order chi connectivity index (χ1) is 11.1. The molecule has 2 heterocycles. The van der Waals surface area contributed by atoms with Crippen LogP contribution in [0.1, 0.15) is 5.56 Å². The molecular formula is C17H12BrCl2N3. The molecule has 1 N–H and O–H groups in total. The molecule has 0 amide bonds. The van der Waals surface area contributed by atoms with Crippen LogP contribution in [0.4, 0.5) is 5.82 Å². The fraction of sp³-hybridized carbons (Fsp3) is 0.118. The number of anilines is 1. The standard InChI is InChI=1S/C17H12BrCl2N3/c18-10-4-6-11(7-5-10)23-17-12(8-9-21-17)16(22-23)15-13(19)2-1-3-14(15)20/h1-7,21H,8-9H2. The maximum absolute atomic E-state index is 6.38. The Balaban J connectivity index is 1.93. The van der Waals surface area contributed by atoms with Gasteiger partial charge in [-0.3, -0.25) is 0 Å². The van der Waals surface area contributed by atoms with Crippen molar-refractivity contribution >= 4 is 44.9 Å². The SMILES string of the molecule is Clc1cccc(Cl)c1-c1nn(-c2ccc(Br)cc2)c2c1CCN2. The van der Waals surface area contributed by atoms with Gasteiger partial charge in [0.1, 0.15) is 11.5 Å². The molecule has 3 nitrogen and oxygen atoms in total. The van der Waals surface area contributed by atoms with Crippen LogP contribution in [0, 0.1) is 0 Å². The maximum atomic E-state index is 6.38. The molecule has 3 aromatic rings. The zero-order valence-electron chi connectivity index (χ0n) is 12.0. The van der Waals surface area contributed by atoms with Gasteiger partial charge in [0, 0.05) is 22.1 Å². The van der Waals surface area contributed by atoms with Gasteiger partial charge in [0.2, 0.25) is 0 Å². The fourth-order valence-corrected chi connectivity index (χ4v) is 3.71. The summed E-state index contributed by atoms with van der Waals surface area (Å²) in [6, 6.07) is 13.6. The number of halogens is 3. The zero-order chi connectivity index (χ0) is 16.0. The molecule has 1 aliphatic heterocycles. The van der Waals surface area contributed by atoms with Crippen molar-refractivity contribution < 1.29 is 0 Å². The van der Waals surface area contributed by atoms with Gasteiger partial charge in [-0.05, 0) is 42.8 Å². The van der Waals surface area contributed by atoms with E-state index in [9.17, 15) is 0 Å². The largest absolute Gasteiger partial charge is 0.369 e. The highest BCUT2D eigenvalue weighted by molar-refractivity contribution is 9.10. The Labute approximate surface area is 152 Å². The summed E-state index contributed by atoms with van der Waals surface area (Å²) in [5.41, 5.74) is 3.80. The van der Waals surface area contributed by atoms with E-state index in [1.807, 2.05) is 47.1 Å². The Morgan fingerprint density at radius 3 is 2.43 bits per heavy atom. The molecule has 4 rings (SSSR count). The molecule has 23 heavy (non-hydrogen) atoms. The van der Waals surface area contributed by atoms with Crippen molar-refractivity contribution in [1.29, 1.82) is 0 Å². The van der Waals surface area contributed by atoms with E-state index in [2.05, 4.69) is 21.2 Å². The van der Waals surface area contributed by atoms with Gasteiger partial charge in [0.25, 0.3) is 0 Å². The predicted molar refractivity (Wildman–Crippen MR) is 98.9 cm³/mol. The third-order valence-electron chi connectivity index (χ3n) is 3.92. The van der Waals surface area contributed by atoms with Crippen molar-refractivity contribution in [2.75, 3.05) is 11.9 Å². The van der Waals surface area contributed by atoms with Gasteiger partial charge in [-0.25, -0.2) is 4.68 Å². The number of rotatable bonds is 2. The minimum absolute atomic E-state index is 0.618. The van der Waals surface area contributed by atoms with Gasteiger partial charge in [-0.15, -0.1) is 0 Å². The number of hydrogen-bond donors (Lipinski definition) is 1. The molecule has 1 aromatic heterocycles. The average Bonchev–Trinajstić information content (AvgIpc) is 3.12. The zero-order valence-corrected chi connectivity index (χ0v) is 15.1. The molecule has 116 valence electrons. The molecule has 0 bridgehead atoms. The van der Waals surface area contributed by atoms with Crippen molar-refractivity contribution in [1.82, 2.24) is 9.78 Å². The summed E-state index contributed by atoms with van der Waals surface area (Å²) in [4.78, 5) is 0. The molecule has 0 spiro atoms. The van der Waals surface area contributed by atoms with E-state index in [-0.39, 0.29) is 0 Å². The highest BCUT2D eigenvalue weighted by Crippen LogP contribution is 2.40. The van der Waals surface area contributed by atoms with Crippen LogP contribution < -0.4 is 5.32 Å². The molecule has 1 aliphatic rings. The molecule has 0 fully saturated rings. The topological polar surface area (TPSA) is 29.9 Å². The second-order valence-corrected chi connectivity index (χ2v) is 7.07. The van der Waals surface area contributed by atoms with Crippen molar-refractivity contribution in [3.63, 3.8) is 0 Å². The van der Waals surface area contributed by atoms with Crippen LogP contribution in [0.5, 0.6) is 0 Å². The molecule has 0 saturated heterocycles. The lowest BCUT2D eigenvalue weighted by atomic mass is 10.1. The first kappa shape index (κ1) is 15.1. The lowest BCUT2D eigenvalue weighted by Gasteiger charge is -2.07. The molecule has 2 aromatic carbocycles. The fourth-order valence-electron chi connectivity index (χ4n) is 2.87. The van der Waals surface area contributed by atoms with Gasteiger partial charge >= 0.3 is 0 Å². The van der Waals surface area contributed by atoms with E-state index < -0.39 is 0 Å². The van der Waals surface area contributed by atoms with Crippen molar-refractivity contribution in [2.45, 2.75) is 6.42 Å². The van der Waals surface area contributed by atoms with E-state index in [1.165, 1.54) is 0 Å². The van der Waals surface area contributed by atoms with Crippen molar-refractivity contribution in [3.8, 4) is 16.9 Å². The summed E-state index contributed by atoms with van der Waals surface area (Å²) < 4.78 is 2.96. The van der Waals surface area contributed by atoms with Gasteiger partial charge in [0.15, 0.2) is 0 Å².